The van der Waals surface area contributed by atoms with Gasteiger partial charge in [0.25, 0.3) is 0 Å². The van der Waals surface area contributed by atoms with Gasteiger partial charge >= 0.3 is 6.85 Å². The van der Waals surface area contributed by atoms with E-state index in [1.807, 2.05) is 11.3 Å². The standard InChI is InChI=1S/C61H40BN3S/c1-39-29-31-43(32-30-39)65-55-34-33-44(63(41-19-7-3-8-20-41)42-21-9-4-10-22-42)35-49(55)52-36-51(46-24-12-11-23-45(46)40-17-5-2-6-18-40)59-48-26-13-15-27-54(48)64-56-37-50-47-25-14-16-28-57(47)66-58(50)38-53(56)62(65)60(52)61(59)64/h2-38H,1H3. The first-order valence-corrected chi connectivity index (χ1v) is 23.6. The van der Waals surface area contributed by atoms with E-state index in [4.69, 9.17) is 0 Å². The van der Waals surface area contributed by atoms with E-state index in [1.54, 1.807) is 0 Å². The van der Waals surface area contributed by atoms with Crippen LogP contribution < -0.4 is 20.6 Å². The van der Waals surface area contributed by atoms with Crippen LogP contribution in [0.4, 0.5) is 28.4 Å². The lowest BCUT2D eigenvalue weighted by Crippen LogP contribution is -2.60. The fraction of sp³-hybridized carbons (Fsp3) is 0.0164. The Bertz CT molecular complexity index is 3850. The Morgan fingerprint density at radius 3 is 1.85 bits per heavy atom. The molecule has 0 saturated carbocycles. The number of anilines is 5. The van der Waals surface area contributed by atoms with E-state index < -0.39 is 0 Å². The van der Waals surface area contributed by atoms with E-state index in [0.29, 0.717) is 0 Å². The lowest BCUT2D eigenvalue weighted by atomic mass is 9.43. The summed E-state index contributed by atoms with van der Waals surface area (Å²) in [6.07, 6.45) is 0. The largest absolute Gasteiger partial charge is 0.376 e. The Labute approximate surface area is 387 Å². The summed E-state index contributed by atoms with van der Waals surface area (Å²) in [6, 6.07) is 83.4. The van der Waals surface area contributed by atoms with E-state index in [0.717, 1.165) is 17.1 Å². The number of hydrogen-bond acceptors (Lipinski definition) is 3. The topological polar surface area (TPSA) is 11.4 Å². The molecular weight excluding hydrogens is 818 g/mol. The molecule has 66 heavy (non-hydrogen) atoms. The van der Waals surface area contributed by atoms with Gasteiger partial charge in [-0.15, -0.1) is 11.3 Å². The number of aromatic nitrogens is 1. The normalized spacial score (nSPS) is 12.6. The predicted molar refractivity (Wildman–Crippen MR) is 283 cm³/mol. The molecule has 12 aromatic rings. The summed E-state index contributed by atoms with van der Waals surface area (Å²) in [5.41, 5.74) is 20.7. The zero-order chi connectivity index (χ0) is 43.5. The molecule has 4 heterocycles. The molecule has 2 aromatic heterocycles. The number of benzene rings is 10. The molecule has 0 amide bonds. The van der Waals surface area contributed by atoms with Gasteiger partial charge in [0.2, 0.25) is 0 Å². The molecule has 0 bridgehead atoms. The fourth-order valence-corrected chi connectivity index (χ4v) is 12.3. The molecule has 14 rings (SSSR count). The number of thiophene rings is 1. The summed E-state index contributed by atoms with van der Waals surface area (Å²) >= 11 is 1.90. The third-order valence-corrected chi connectivity index (χ3v) is 15.1. The van der Waals surface area contributed by atoms with Crippen molar-refractivity contribution in [2.75, 3.05) is 9.71 Å². The Morgan fingerprint density at radius 2 is 1.09 bits per heavy atom. The first-order chi connectivity index (χ1) is 32.7. The van der Waals surface area contributed by atoms with Gasteiger partial charge in [0.1, 0.15) is 0 Å². The van der Waals surface area contributed by atoms with Crippen molar-refractivity contribution < 1.29 is 0 Å². The molecule has 0 radical (unpaired) electrons. The van der Waals surface area contributed by atoms with Crippen molar-refractivity contribution in [1.82, 2.24) is 4.57 Å². The van der Waals surface area contributed by atoms with E-state index in [2.05, 4.69) is 246 Å². The highest BCUT2D eigenvalue weighted by Crippen LogP contribution is 2.51. The van der Waals surface area contributed by atoms with Crippen LogP contribution in [0.1, 0.15) is 5.56 Å². The molecule has 3 nitrogen and oxygen atoms in total. The van der Waals surface area contributed by atoms with Crippen LogP contribution >= 0.6 is 11.3 Å². The minimum Gasteiger partial charge on any atom is -0.376 e. The highest BCUT2D eigenvalue weighted by Gasteiger charge is 2.45. The van der Waals surface area contributed by atoms with Crippen LogP contribution in [0.3, 0.4) is 0 Å². The Kier molecular flexibility index (Phi) is 8.16. The van der Waals surface area contributed by atoms with Crippen LogP contribution in [0, 0.1) is 6.92 Å². The van der Waals surface area contributed by atoms with Gasteiger partial charge in [0.05, 0.1) is 11.0 Å². The minimum absolute atomic E-state index is 0.109. The smallest absolute Gasteiger partial charge is 0.333 e. The molecule has 0 unspecified atom stereocenters. The molecule has 0 spiro atoms. The average molecular weight is 858 g/mol. The number of fused-ring (bicyclic) bond motifs is 11. The third-order valence-electron chi connectivity index (χ3n) is 14.0. The summed E-state index contributed by atoms with van der Waals surface area (Å²) in [6.45, 7) is 2.07. The maximum Gasteiger partial charge on any atom is 0.333 e. The second-order valence-electron chi connectivity index (χ2n) is 17.7. The number of nitrogens with zero attached hydrogens (tertiary/aromatic N) is 3. The summed E-state index contributed by atoms with van der Waals surface area (Å²) in [4.78, 5) is 5.04. The zero-order valence-corrected chi connectivity index (χ0v) is 37.0. The van der Waals surface area contributed by atoms with Crippen LogP contribution in [-0.2, 0) is 0 Å². The highest BCUT2D eigenvalue weighted by molar-refractivity contribution is 7.26. The summed E-state index contributed by atoms with van der Waals surface area (Å²) < 4.78 is 5.25. The molecule has 5 heteroatoms. The van der Waals surface area contributed by atoms with Crippen LogP contribution in [0.15, 0.2) is 224 Å². The molecular formula is C61H40BN3S. The molecule has 2 aliphatic rings. The second-order valence-corrected chi connectivity index (χ2v) is 18.8. The summed E-state index contributed by atoms with van der Waals surface area (Å²) in [7, 11) is 0. The first kappa shape index (κ1) is 37.3. The van der Waals surface area contributed by atoms with Crippen LogP contribution in [0.2, 0.25) is 0 Å². The van der Waals surface area contributed by atoms with E-state index >= 15 is 0 Å². The monoisotopic (exact) mass is 857 g/mol. The molecule has 0 atom stereocenters. The van der Waals surface area contributed by atoms with Gasteiger partial charge in [-0.3, -0.25) is 0 Å². The van der Waals surface area contributed by atoms with Crippen molar-refractivity contribution in [3.8, 4) is 39.1 Å². The van der Waals surface area contributed by atoms with Crippen molar-refractivity contribution in [2.45, 2.75) is 6.92 Å². The van der Waals surface area contributed by atoms with Gasteiger partial charge in [-0.1, -0.05) is 145 Å². The maximum atomic E-state index is 2.65. The maximum absolute atomic E-state index is 2.65. The highest BCUT2D eigenvalue weighted by atomic mass is 32.1. The van der Waals surface area contributed by atoms with Crippen LogP contribution in [0.25, 0.3) is 81.0 Å². The van der Waals surface area contributed by atoms with Gasteiger partial charge in [-0.25, -0.2) is 0 Å². The summed E-state index contributed by atoms with van der Waals surface area (Å²) in [5, 5.41) is 5.16. The van der Waals surface area contributed by atoms with Crippen molar-refractivity contribution in [3.63, 3.8) is 0 Å². The minimum atomic E-state index is -0.109. The molecule has 0 aliphatic carbocycles. The van der Waals surface area contributed by atoms with Crippen molar-refractivity contribution in [1.29, 1.82) is 0 Å². The van der Waals surface area contributed by atoms with Gasteiger partial charge in [-0.05, 0) is 131 Å². The average Bonchev–Trinajstić information content (AvgIpc) is 3.92. The van der Waals surface area contributed by atoms with Crippen LogP contribution in [-0.4, -0.2) is 11.4 Å². The zero-order valence-electron chi connectivity index (χ0n) is 36.2. The molecule has 308 valence electrons. The lowest BCUT2D eigenvalue weighted by Gasteiger charge is -2.42. The Morgan fingerprint density at radius 1 is 0.439 bits per heavy atom. The predicted octanol–water partition coefficient (Wildman–Crippen LogP) is 15.5. The van der Waals surface area contributed by atoms with Crippen LogP contribution in [0.5, 0.6) is 0 Å². The Hall–Kier alpha value is -8.12. The van der Waals surface area contributed by atoms with Crippen molar-refractivity contribution >= 4 is 99.5 Å². The fourth-order valence-electron chi connectivity index (χ4n) is 11.2. The molecule has 0 saturated heterocycles. The number of hydrogen-bond donors (Lipinski definition) is 0. The number of rotatable bonds is 6. The quantitative estimate of drug-likeness (QED) is 0.154. The molecule has 10 aromatic carbocycles. The molecule has 0 fully saturated rings. The Balaban J connectivity index is 1.16. The molecule has 2 aliphatic heterocycles. The van der Waals surface area contributed by atoms with Gasteiger partial charge in [0.15, 0.2) is 0 Å². The van der Waals surface area contributed by atoms with Gasteiger partial charge in [0, 0.05) is 70.6 Å². The SMILES string of the molecule is Cc1ccc(N2B3c4cc5sc6ccccc6c5cc4-n4c5ccccc5c5c(-c6ccccc6-c6ccccc6)cc(c3c54)-c3cc(N(c4ccccc4)c4ccccc4)ccc32)cc1. The first-order valence-electron chi connectivity index (χ1n) is 22.8. The third kappa shape index (κ3) is 5.44. The molecule has 0 N–H and O–H groups in total. The van der Waals surface area contributed by atoms with Crippen molar-refractivity contribution in [2.24, 2.45) is 0 Å². The van der Waals surface area contributed by atoms with Crippen molar-refractivity contribution in [3.05, 3.63) is 230 Å². The summed E-state index contributed by atoms with van der Waals surface area (Å²) in [5.74, 6) is 0. The lowest BCUT2D eigenvalue weighted by molar-refractivity contribution is 1.19. The van der Waals surface area contributed by atoms with E-state index in [9.17, 15) is 0 Å². The number of para-hydroxylation sites is 3. The van der Waals surface area contributed by atoms with Gasteiger partial charge in [-0.2, -0.15) is 0 Å². The number of aryl methyl sites for hydroxylation is 1. The van der Waals surface area contributed by atoms with Gasteiger partial charge < -0.3 is 14.3 Å². The second kappa shape index (κ2) is 14.4. The van der Waals surface area contributed by atoms with E-state index in [-0.39, 0.29) is 6.85 Å². The van der Waals surface area contributed by atoms with E-state index in [1.165, 1.54) is 109 Å².